The maximum absolute atomic E-state index is 12.5. The third-order valence-corrected chi connectivity index (χ3v) is 5.01. The molecule has 2 aromatic rings. The zero-order chi connectivity index (χ0) is 16.4. The summed E-state index contributed by atoms with van der Waals surface area (Å²) >= 11 is 1.42. The maximum Gasteiger partial charge on any atom is 0.236 e. The molecule has 1 atom stereocenters. The third-order valence-electron chi connectivity index (χ3n) is 3.89. The van der Waals surface area contributed by atoms with E-state index in [1.807, 2.05) is 36.4 Å². The molecule has 0 radical (unpaired) electrons. The van der Waals surface area contributed by atoms with Crippen LogP contribution in [0.5, 0.6) is 0 Å². The van der Waals surface area contributed by atoms with Crippen LogP contribution in [0.15, 0.2) is 21.9 Å². The van der Waals surface area contributed by atoms with Gasteiger partial charge in [0.15, 0.2) is 11.0 Å². The van der Waals surface area contributed by atoms with E-state index in [1.165, 1.54) is 11.8 Å². The zero-order valence-electron chi connectivity index (χ0n) is 13.5. The highest BCUT2D eigenvalue weighted by atomic mass is 32.2. The standard InChI is InChI=1S/C15H20N4O3S/c1-10-12(4-7-22-10)13-16-17-15(18(13)3)23-11(2)14(20)19-5-8-21-9-6-19/h4,7,11H,5-6,8-9H2,1-3H3. The summed E-state index contributed by atoms with van der Waals surface area (Å²) in [6.45, 7) is 6.32. The van der Waals surface area contributed by atoms with Crippen LogP contribution in [-0.2, 0) is 16.6 Å². The molecule has 0 spiro atoms. The molecule has 1 aliphatic heterocycles. The predicted molar refractivity (Wildman–Crippen MR) is 86.2 cm³/mol. The zero-order valence-corrected chi connectivity index (χ0v) is 14.3. The number of rotatable bonds is 4. The number of carbonyl (C=O) groups is 1. The first-order valence-corrected chi connectivity index (χ1v) is 8.43. The van der Waals surface area contributed by atoms with Gasteiger partial charge < -0.3 is 18.6 Å². The number of ether oxygens (including phenoxy) is 1. The molecule has 0 aliphatic carbocycles. The summed E-state index contributed by atoms with van der Waals surface area (Å²) in [5.74, 6) is 1.65. The molecular formula is C15H20N4O3S. The quantitative estimate of drug-likeness (QED) is 0.792. The van der Waals surface area contributed by atoms with Gasteiger partial charge in [-0.2, -0.15) is 0 Å². The molecule has 7 nitrogen and oxygen atoms in total. The van der Waals surface area contributed by atoms with Gasteiger partial charge in [-0.15, -0.1) is 10.2 Å². The highest BCUT2D eigenvalue weighted by Crippen LogP contribution is 2.28. The minimum Gasteiger partial charge on any atom is -0.469 e. The van der Waals surface area contributed by atoms with E-state index in [1.54, 1.807) is 6.26 Å². The van der Waals surface area contributed by atoms with Gasteiger partial charge in [0.1, 0.15) is 5.76 Å². The minimum atomic E-state index is -0.214. The van der Waals surface area contributed by atoms with Crippen molar-refractivity contribution < 1.29 is 13.9 Å². The van der Waals surface area contributed by atoms with Gasteiger partial charge in [0.2, 0.25) is 5.91 Å². The van der Waals surface area contributed by atoms with Gasteiger partial charge in [-0.1, -0.05) is 11.8 Å². The van der Waals surface area contributed by atoms with E-state index in [4.69, 9.17) is 9.15 Å². The smallest absolute Gasteiger partial charge is 0.236 e. The number of aryl methyl sites for hydroxylation is 1. The van der Waals surface area contributed by atoms with Gasteiger partial charge in [-0.3, -0.25) is 4.79 Å². The Morgan fingerprint density at radius 1 is 1.35 bits per heavy atom. The molecule has 1 unspecified atom stereocenters. The lowest BCUT2D eigenvalue weighted by Crippen LogP contribution is -2.44. The van der Waals surface area contributed by atoms with Crippen molar-refractivity contribution in [1.29, 1.82) is 0 Å². The summed E-state index contributed by atoms with van der Waals surface area (Å²) in [7, 11) is 1.90. The largest absolute Gasteiger partial charge is 0.469 e. The Bertz CT molecular complexity index is 691. The fraction of sp³-hybridized carbons (Fsp3) is 0.533. The molecule has 2 aromatic heterocycles. The highest BCUT2D eigenvalue weighted by Gasteiger charge is 2.25. The first-order chi connectivity index (χ1) is 11.1. The monoisotopic (exact) mass is 336 g/mol. The van der Waals surface area contributed by atoms with Crippen molar-refractivity contribution in [3.8, 4) is 11.4 Å². The molecule has 3 rings (SSSR count). The maximum atomic E-state index is 12.5. The lowest BCUT2D eigenvalue weighted by molar-refractivity contribution is -0.134. The summed E-state index contributed by atoms with van der Waals surface area (Å²) in [5, 5.41) is 8.95. The van der Waals surface area contributed by atoms with Crippen LogP contribution in [0.25, 0.3) is 11.4 Å². The molecule has 0 N–H and O–H groups in total. The Morgan fingerprint density at radius 3 is 2.74 bits per heavy atom. The Kier molecular flexibility index (Phi) is 4.72. The number of aromatic nitrogens is 3. The van der Waals surface area contributed by atoms with Gasteiger partial charge in [-0.25, -0.2) is 0 Å². The summed E-state index contributed by atoms with van der Waals surface area (Å²) in [4.78, 5) is 14.3. The van der Waals surface area contributed by atoms with Crippen LogP contribution < -0.4 is 0 Å². The number of amides is 1. The topological polar surface area (TPSA) is 73.4 Å². The predicted octanol–water partition coefficient (Wildman–Crippen LogP) is 1.72. The molecule has 23 heavy (non-hydrogen) atoms. The normalized spacial score (nSPS) is 16.6. The second-order valence-corrected chi connectivity index (χ2v) is 6.76. The van der Waals surface area contributed by atoms with Crippen LogP contribution >= 0.6 is 11.8 Å². The first kappa shape index (κ1) is 16.1. The van der Waals surface area contributed by atoms with E-state index >= 15 is 0 Å². The Balaban J connectivity index is 1.72. The van der Waals surface area contributed by atoms with Crippen molar-refractivity contribution in [1.82, 2.24) is 19.7 Å². The van der Waals surface area contributed by atoms with E-state index in [9.17, 15) is 4.79 Å². The molecular weight excluding hydrogens is 316 g/mol. The lowest BCUT2D eigenvalue weighted by atomic mass is 10.2. The second-order valence-electron chi connectivity index (χ2n) is 5.45. The van der Waals surface area contributed by atoms with Crippen LogP contribution in [-0.4, -0.2) is 57.1 Å². The number of carbonyl (C=O) groups excluding carboxylic acids is 1. The van der Waals surface area contributed by atoms with Gasteiger partial charge in [0.05, 0.1) is 30.3 Å². The molecule has 1 saturated heterocycles. The molecule has 1 aliphatic rings. The Labute approximate surface area is 139 Å². The van der Waals surface area contributed by atoms with Crippen LogP contribution in [0, 0.1) is 6.92 Å². The molecule has 1 fully saturated rings. The second kappa shape index (κ2) is 6.76. The van der Waals surface area contributed by atoms with Crippen molar-refractivity contribution in [2.24, 2.45) is 7.05 Å². The van der Waals surface area contributed by atoms with Crippen molar-refractivity contribution >= 4 is 17.7 Å². The molecule has 0 aromatic carbocycles. The van der Waals surface area contributed by atoms with E-state index in [0.29, 0.717) is 26.3 Å². The SMILES string of the molecule is Cc1occc1-c1nnc(SC(C)C(=O)N2CCOCC2)n1C. The summed E-state index contributed by atoms with van der Waals surface area (Å²) in [5.41, 5.74) is 0.916. The number of thioether (sulfide) groups is 1. The molecule has 0 bridgehead atoms. The van der Waals surface area contributed by atoms with E-state index in [-0.39, 0.29) is 11.2 Å². The summed E-state index contributed by atoms with van der Waals surface area (Å²) in [6.07, 6.45) is 1.64. The van der Waals surface area contributed by atoms with Crippen molar-refractivity contribution in [2.45, 2.75) is 24.3 Å². The average molecular weight is 336 g/mol. The molecule has 8 heteroatoms. The first-order valence-electron chi connectivity index (χ1n) is 7.55. The van der Waals surface area contributed by atoms with Gasteiger partial charge in [0, 0.05) is 20.1 Å². The summed E-state index contributed by atoms with van der Waals surface area (Å²) in [6, 6.07) is 1.87. The van der Waals surface area contributed by atoms with Crippen molar-refractivity contribution in [3.05, 3.63) is 18.1 Å². The van der Waals surface area contributed by atoms with Crippen LogP contribution in [0.1, 0.15) is 12.7 Å². The Hall–Kier alpha value is -1.80. The van der Waals surface area contributed by atoms with E-state index in [0.717, 1.165) is 22.3 Å². The molecule has 0 saturated carbocycles. The van der Waals surface area contributed by atoms with Crippen LogP contribution in [0.3, 0.4) is 0 Å². The summed E-state index contributed by atoms with van der Waals surface area (Å²) < 4.78 is 12.5. The van der Waals surface area contributed by atoms with Crippen LogP contribution in [0.4, 0.5) is 0 Å². The number of nitrogens with zero attached hydrogens (tertiary/aromatic N) is 4. The Morgan fingerprint density at radius 2 is 2.09 bits per heavy atom. The van der Waals surface area contributed by atoms with E-state index in [2.05, 4.69) is 10.2 Å². The average Bonchev–Trinajstić information content (AvgIpc) is 3.14. The number of hydrogen-bond donors (Lipinski definition) is 0. The molecule has 1 amide bonds. The van der Waals surface area contributed by atoms with Crippen LogP contribution in [0.2, 0.25) is 0 Å². The van der Waals surface area contributed by atoms with Gasteiger partial charge in [-0.05, 0) is 19.9 Å². The minimum absolute atomic E-state index is 0.113. The fourth-order valence-electron chi connectivity index (χ4n) is 2.52. The molecule has 124 valence electrons. The number of morpholine rings is 1. The van der Waals surface area contributed by atoms with Gasteiger partial charge >= 0.3 is 0 Å². The number of hydrogen-bond acceptors (Lipinski definition) is 6. The van der Waals surface area contributed by atoms with E-state index < -0.39 is 0 Å². The molecule has 3 heterocycles. The van der Waals surface area contributed by atoms with Crippen molar-refractivity contribution in [2.75, 3.05) is 26.3 Å². The van der Waals surface area contributed by atoms with Gasteiger partial charge in [0.25, 0.3) is 0 Å². The highest BCUT2D eigenvalue weighted by molar-refractivity contribution is 8.00. The fourth-order valence-corrected chi connectivity index (χ4v) is 3.42. The lowest BCUT2D eigenvalue weighted by Gasteiger charge is -2.28. The third kappa shape index (κ3) is 3.28. The number of furan rings is 1. The van der Waals surface area contributed by atoms with Crippen molar-refractivity contribution in [3.63, 3.8) is 0 Å².